The van der Waals surface area contributed by atoms with Gasteiger partial charge in [0.05, 0.1) is 0 Å². The molecule has 1 N–H and O–H groups in total. The zero-order valence-corrected chi connectivity index (χ0v) is 13.2. The molecule has 0 unspecified atom stereocenters. The molecule has 116 valence electrons. The molecule has 0 radical (unpaired) electrons. The number of ether oxygens (including phenoxy) is 1. The van der Waals surface area contributed by atoms with Crippen molar-refractivity contribution in [2.75, 3.05) is 32.8 Å². The molecule has 1 aliphatic carbocycles. The van der Waals surface area contributed by atoms with Crippen LogP contribution < -0.4 is 10.1 Å². The second-order valence-corrected chi connectivity index (χ2v) is 6.63. The molecule has 21 heavy (non-hydrogen) atoms. The van der Waals surface area contributed by atoms with Gasteiger partial charge in [0.1, 0.15) is 12.4 Å². The minimum atomic E-state index is 0.750. The van der Waals surface area contributed by atoms with Crippen LogP contribution >= 0.6 is 0 Å². The van der Waals surface area contributed by atoms with Gasteiger partial charge in [-0.3, -0.25) is 4.90 Å². The quantitative estimate of drug-likeness (QED) is 0.835. The van der Waals surface area contributed by atoms with Gasteiger partial charge < -0.3 is 10.1 Å². The van der Waals surface area contributed by atoms with Gasteiger partial charge in [-0.1, -0.05) is 17.7 Å². The lowest BCUT2D eigenvalue weighted by atomic mass is 10.0. The predicted molar refractivity (Wildman–Crippen MR) is 86.9 cm³/mol. The number of nitrogens with one attached hydrogen (secondary N) is 1. The predicted octanol–water partition coefficient (Wildman–Crippen LogP) is 2.84. The van der Waals surface area contributed by atoms with E-state index in [2.05, 4.69) is 41.4 Å². The second kappa shape index (κ2) is 7.28. The Bertz CT molecular complexity index is 419. The van der Waals surface area contributed by atoms with Crippen LogP contribution in [-0.2, 0) is 0 Å². The van der Waals surface area contributed by atoms with E-state index in [1.165, 1.54) is 50.9 Å². The molecule has 2 aliphatic rings. The molecule has 3 nitrogen and oxygen atoms in total. The minimum Gasteiger partial charge on any atom is -0.492 e. The van der Waals surface area contributed by atoms with Crippen LogP contribution in [0.2, 0.25) is 0 Å². The van der Waals surface area contributed by atoms with Gasteiger partial charge in [-0.2, -0.15) is 0 Å². The highest BCUT2D eigenvalue weighted by atomic mass is 16.5. The average molecular weight is 288 g/mol. The van der Waals surface area contributed by atoms with Gasteiger partial charge >= 0.3 is 0 Å². The van der Waals surface area contributed by atoms with Crippen LogP contribution in [0.4, 0.5) is 0 Å². The van der Waals surface area contributed by atoms with Gasteiger partial charge in [0.2, 0.25) is 0 Å². The zero-order chi connectivity index (χ0) is 14.5. The molecule has 3 rings (SSSR count). The first kappa shape index (κ1) is 14.9. The highest BCUT2D eigenvalue weighted by molar-refractivity contribution is 5.26. The summed E-state index contributed by atoms with van der Waals surface area (Å²) in [7, 11) is 0. The van der Waals surface area contributed by atoms with Crippen molar-refractivity contribution in [3.8, 4) is 5.75 Å². The van der Waals surface area contributed by atoms with E-state index in [1.807, 2.05) is 0 Å². The SMILES string of the molecule is Cc1ccc(OCCN2CCC(NCC3CC3)CC2)cc1. The lowest BCUT2D eigenvalue weighted by Gasteiger charge is -2.32. The second-order valence-electron chi connectivity index (χ2n) is 6.63. The van der Waals surface area contributed by atoms with E-state index >= 15 is 0 Å². The van der Waals surface area contributed by atoms with Crippen molar-refractivity contribution in [3.63, 3.8) is 0 Å². The Kier molecular flexibility index (Phi) is 5.15. The maximum absolute atomic E-state index is 5.82. The molecule has 1 aromatic carbocycles. The van der Waals surface area contributed by atoms with Gasteiger partial charge in [-0.15, -0.1) is 0 Å². The third-order valence-electron chi connectivity index (χ3n) is 4.68. The largest absolute Gasteiger partial charge is 0.492 e. The first-order valence-corrected chi connectivity index (χ1v) is 8.45. The van der Waals surface area contributed by atoms with Crippen LogP contribution in [-0.4, -0.2) is 43.7 Å². The van der Waals surface area contributed by atoms with Crippen molar-refractivity contribution in [1.82, 2.24) is 10.2 Å². The fourth-order valence-corrected chi connectivity index (χ4v) is 2.94. The first-order chi connectivity index (χ1) is 10.3. The summed E-state index contributed by atoms with van der Waals surface area (Å²) in [6.07, 6.45) is 5.47. The van der Waals surface area contributed by atoms with Crippen molar-refractivity contribution < 1.29 is 4.74 Å². The first-order valence-electron chi connectivity index (χ1n) is 8.45. The summed E-state index contributed by atoms with van der Waals surface area (Å²) in [5.41, 5.74) is 1.28. The summed E-state index contributed by atoms with van der Waals surface area (Å²) in [6.45, 7) is 7.61. The standard InChI is InChI=1S/C18H28N2O/c1-15-2-6-18(7-3-15)21-13-12-20-10-8-17(9-11-20)19-14-16-4-5-16/h2-3,6-7,16-17,19H,4-5,8-14H2,1H3. The number of hydrogen-bond acceptors (Lipinski definition) is 3. The fourth-order valence-electron chi connectivity index (χ4n) is 2.94. The van der Waals surface area contributed by atoms with Crippen molar-refractivity contribution in [2.45, 2.75) is 38.6 Å². The summed E-state index contributed by atoms with van der Waals surface area (Å²) < 4.78 is 5.82. The summed E-state index contributed by atoms with van der Waals surface area (Å²) >= 11 is 0. The minimum absolute atomic E-state index is 0.750. The monoisotopic (exact) mass is 288 g/mol. The molecule has 0 amide bonds. The van der Waals surface area contributed by atoms with Gasteiger partial charge in [0, 0.05) is 12.6 Å². The molecule has 1 aromatic rings. The Hall–Kier alpha value is -1.06. The molecule has 0 aromatic heterocycles. The maximum Gasteiger partial charge on any atom is 0.119 e. The summed E-state index contributed by atoms with van der Waals surface area (Å²) in [6, 6.07) is 9.07. The van der Waals surface area contributed by atoms with Crippen molar-refractivity contribution in [3.05, 3.63) is 29.8 Å². The van der Waals surface area contributed by atoms with Gasteiger partial charge in [0.15, 0.2) is 0 Å². The number of rotatable bonds is 7. The lowest BCUT2D eigenvalue weighted by Crippen LogP contribution is -2.44. The van der Waals surface area contributed by atoms with Gasteiger partial charge in [0.25, 0.3) is 0 Å². The third-order valence-corrected chi connectivity index (χ3v) is 4.68. The highest BCUT2D eigenvalue weighted by Crippen LogP contribution is 2.28. The Morgan fingerprint density at radius 1 is 1.10 bits per heavy atom. The van der Waals surface area contributed by atoms with Crippen molar-refractivity contribution in [1.29, 1.82) is 0 Å². The number of benzene rings is 1. The Morgan fingerprint density at radius 2 is 1.81 bits per heavy atom. The third kappa shape index (κ3) is 5.01. The average Bonchev–Trinajstić information content (AvgIpc) is 3.33. The topological polar surface area (TPSA) is 24.5 Å². The number of aryl methyl sites for hydroxylation is 1. The van der Waals surface area contributed by atoms with Crippen LogP contribution in [0.15, 0.2) is 24.3 Å². The number of likely N-dealkylation sites (tertiary alicyclic amines) is 1. The van der Waals surface area contributed by atoms with E-state index in [1.54, 1.807) is 0 Å². The van der Waals surface area contributed by atoms with Crippen LogP contribution in [0.1, 0.15) is 31.2 Å². The van der Waals surface area contributed by atoms with E-state index in [0.29, 0.717) is 0 Å². The van der Waals surface area contributed by atoms with Crippen LogP contribution in [0.5, 0.6) is 5.75 Å². The van der Waals surface area contributed by atoms with Gasteiger partial charge in [-0.05, 0) is 70.3 Å². The molecule has 1 saturated heterocycles. The zero-order valence-electron chi connectivity index (χ0n) is 13.2. The van der Waals surface area contributed by atoms with Gasteiger partial charge in [-0.25, -0.2) is 0 Å². The Labute approximate surface area is 128 Å². The summed E-state index contributed by atoms with van der Waals surface area (Å²) in [5, 5.41) is 3.73. The normalized spacial score (nSPS) is 20.6. The van der Waals surface area contributed by atoms with E-state index in [9.17, 15) is 0 Å². The van der Waals surface area contributed by atoms with Crippen LogP contribution in [0, 0.1) is 12.8 Å². The van der Waals surface area contributed by atoms with Crippen LogP contribution in [0.3, 0.4) is 0 Å². The molecule has 0 bridgehead atoms. The van der Waals surface area contributed by atoms with Crippen molar-refractivity contribution in [2.24, 2.45) is 5.92 Å². The van der Waals surface area contributed by atoms with Crippen molar-refractivity contribution >= 4 is 0 Å². The maximum atomic E-state index is 5.82. The summed E-state index contributed by atoms with van der Waals surface area (Å²) in [5.74, 6) is 1.98. The Balaban J connectivity index is 1.29. The Morgan fingerprint density at radius 3 is 2.48 bits per heavy atom. The highest BCUT2D eigenvalue weighted by Gasteiger charge is 2.24. The fraction of sp³-hybridized carbons (Fsp3) is 0.667. The molecule has 1 saturated carbocycles. The number of hydrogen-bond donors (Lipinski definition) is 1. The smallest absolute Gasteiger partial charge is 0.119 e. The van der Waals surface area contributed by atoms with Crippen LogP contribution in [0.25, 0.3) is 0 Å². The molecule has 1 aliphatic heterocycles. The molecule has 1 heterocycles. The molecular formula is C18H28N2O. The lowest BCUT2D eigenvalue weighted by molar-refractivity contribution is 0.164. The molecule has 3 heteroatoms. The van der Waals surface area contributed by atoms with E-state index in [0.717, 1.165) is 30.9 Å². The number of nitrogens with zero attached hydrogens (tertiary/aromatic N) is 1. The molecule has 0 atom stereocenters. The van der Waals surface area contributed by atoms with E-state index in [-0.39, 0.29) is 0 Å². The molecule has 2 fully saturated rings. The van der Waals surface area contributed by atoms with E-state index < -0.39 is 0 Å². The molecule has 0 spiro atoms. The number of piperidine rings is 1. The molecular weight excluding hydrogens is 260 g/mol. The van der Waals surface area contributed by atoms with E-state index in [4.69, 9.17) is 4.74 Å². The summed E-state index contributed by atoms with van der Waals surface area (Å²) in [4.78, 5) is 2.53.